The van der Waals surface area contributed by atoms with Crippen molar-refractivity contribution in [3.05, 3.63) is 29.6 Å². The van der Waals surface area contributed by atoms with Crippen molar-refractivity contribution in [1.29, 1.82) is 0 Å². The summed E-state index contributed by atoms with van der Waals surface area (Å²) < 4.78 is 5.38. The lowest BCUT2D eigenvalue weighted by Crippen LogP contribution is -2.51. The second-order valence-corrected chi connectivity index (χ2v) is 8.15. The average Bonchev–Trinajstić information content (AvgIpc) is 2.44. The molecule has 1 fully saturated rings. The second kappa shape index (κ2) is 7.51. The maximum Gasteiger partial charge on any atom is 0.408 e. The van der Waals surface area contributed by atoms with E-state index in [2.05, 4.69) is 34.7 Å². The van der Waals surface area contributed by atoms with Crippen LogP contribution in [0.25, 0.3) is 0 Å². The molecule has 1 amide bonds. The summed E-state index contributed by atoms with van der Waals surface area (Å²) in [6, 6.07) is 4.66. The quantitative estimate of drug-likeness (QED) is 0.882. The molecule has 5 nitrogen and oxygen atoms in total. The minimum Gasteiger partial charge on any atom is -0.444 e. The van der Waals surface area contributed by atoms with Gasteiger partial charge in [-0.2, -0.15) is 0 Å². The van der Waals surface area contributed by atoms with Crippen LogP contribution in [0.2, 0.25) is 0 Å². The van der Waals surface area contributed by atoms with Crippen molar-refractivity contribution in [2.24, 2.45) is 0 Å². The molecule has 2 rings (SSSR count). The zero-order valence-electron chi connectivity index (χ0n) is 15.6. The van der Waals surface area contributed by atoms with Gasteiger partial charge in [0.05, 0.1) is 0 Å². The van der Waals surface area contributed by atoms with Crippen LogP contribution in [0.5, 0.6) is 0 Å². The van der Waals surface area contributed by atoms with Crippen LogP contribution in [0.3, 0.4) is 0 Å². The summed E-state index contributed by atoms with van der Waals surface area (Å²) in [6.07, 6.45) is 5.56. The fourth-order valence-corrected chi connectivity index (χ4v) is 3.11. The second-order valence-electron chi connectivity index (χ2n) is 8.15. The fourth-order valence-electron chi connectivity index (χ4n) is 3.11. The van der Waals surface area contributed by atoms with Gasteiger partial charge in [0, 0.05) is 30.0 Å². The van der Waals surface area contributed by atoms with Crippen molar-refractivity contribution in [3.8, 4) is 0 Å². The summed E-state index contributed by atoms with van der Waals surface area (Å²) in [6.45, 7) is 10.6. The molecule has 0 aromatic carbocycles. The molecular formula is C19H31N3O2. The van der Waals surface area contributed by atoms with Gasteiger partial charge in [-0.3, -0.25) is 4.98 Å². The molecule has 1 aromatic heterocycles. The molecule has 1 heterocycles. The van der Waals surface area contributed by atoms with Crippen LogP contribution < -0.4 is 10.6 Å². The molecule has 0 radical (unpaired) electrons. The van der Waals surface area contributed by atoms with Crippen molar-refractivity contribution >= 4 is 6.09 Å². The van der Waals surface area contributed by atoms with Crippen molar-refractivity contribution in [2.75, 3.05) is 0 Å². The molecule has 134 valence electrons. The number of nitrogens with zero attached hydrogens (tertiary/aromatic N) is 1. The highest BCUT2D eigenvalue weighted by atomic mass is 16.6. The van der Waals surface area contributed by atoms with Gasteiger partial charge in [0.1, 0.15) is 5.60 Å². The van der Waals surface area contributed by atoms with Crippen LogP contribution in [-0.4, -0.2) is 28.3 Å². The summed E-state index contributed by atoms with van der Waals surface area (Å²) >= 11 is 0. The van der Waals surface area contributed by atoms with Crippen molar-refractivity contribution < 1.29 is 9.53 Å². The summed E-state index contributed by atoms with van der Waals surface area (Å²) in [5.41, 5.74) is 1.69. The Kier molecular flexibility index (Phi) is 5.86. The van der Waals surface area contributed by atoms with Gasteiger partial charge in [-0.05, 0) is 78.0 Å². The number of hydrogen-bond donors (Lipinski definition) is 2. The first-order chi connectivity index (χ1) is 11.2. The molecule has 0 spiro atoms. The Labute approximate surface area is 145 Å². The summed E-state index contributed by atoms with van der Waals surface area (Å²) in [5.74, 6) is 0. The molecule has 24 heavy (non-hydrogen) atoms. The summed E-state index contributed by atoms with van der Waals surface area (Å²) in [7, 11) is 0. The Hall–Kier alpha value is -1.62. The fraction of sp³-hybridized carbons (Fsp3) is 0.684. The molecule has 2 N–H and O–H groups in total. The van der Waals surface area contributed by atoms with Gasteiger partial charge in [0.2, 0.25) is 0 Å². The van der Waals surface area contributed by atoms with Gasteiger partial charge in [-0.25, -0.2) is 4.79 Å². The molecule has 1 aromatic rings. The number of carbonyl (C=O) groups is 1. The minimum absolute atomic E-state index is 0.173. The predicted octanol–water partition coefficient (Wildman–Crippen LogP) is 3.71. The van der Waals surface area contributed by atoms with Gasteiger partial charge in [0.25, 0.3) is 0 Å². The van der Waals surface area contributed by atoms with Crippen LogP contribution in [-0.2, 0) is 11.3 Å². The van der Waals surface area contributed by atoms with E-state index in [-0.39, 0.29) is 11.6 Å². The van der Waals surface area contributed by atoms with E-state index < -0.39 is 5.60 Å². The van der Waals surface area contributed by atoms with E-state index in [1.807, 2.05) is 33.9 Å². The van der Waals surface area contributed by atoms with Crippen molar-refractivity contribution in [2.45, 2.75) is 84.0 Å². The van der Waals surface area contributed by atoms with E-state index in [1.165, 1.54) is 5.56 Å². The molecule has 5 heteroatoms. The number of amides is 1. The molecule has 1 aliphatic carbocycles. The topological polar surface area (TPSA) is 63.2 Å². The zero-order chi connectivity index (χ0) is 17.8. The van der Waals surface area contributed by atoms with Crippen LogP contribution in [0.15, 0.2) is 18.3 Å². The third kappa shape index (κ3) is 6.11. The van der Waals surface area contributed by atoms with Crippen LogP contribution in [0.1, 0.15) is 64.6 Å². The summed E-state index contributed by atoms with van der Waals surface area (Å²) in [4.78, 5) is 16.2. The first-order valence-electron chi connectivity index (χ1n) is 8.81. The van der Waals surface area contributed by atoms with E-state index >= 15 is 0 Å². The average molecular weight is 333 g/mol. The number of nitrogens with one attached hydrogen (secondary N) is 2. The number of carbonyl (C=O) groups excluding carboxylic acids is 1. The number of aryl methyl sites for hydroxylation is 1. The predicted molar refractivity (Wildman–Crippen MR) is 95.8 cm³/mol. The Morgan fingerprint density at radius 1 is 1.38 bits per heavy atom. The molecule has 0 bridgehead atoms. The first-order valence-corrected chi connectivity index (χ1v) is 8.81. The highest BCUT2D eigenvalue weighted by Crippen LogP contribution is 2.28. The lowest BCUT2D eigenvalue weighted by Gasteiger charge is -2.38. The third-order valence-electron chi connectivity index (χ3n) is 4.45. The van der Waals surface area contributed by atoms with Crippen molar-refractivity contribution in [1.82, 2.24) is 15.6 Å². The normalized spacial score (nSPS) is 24.5. The third-order valence-corrected chi connectivity index (χ3v) is 4.45. The van der Waals surface area contributed by atoms with E-state index in [9.17, 15) is 4.79 Å². The van der Waals surface area contributed by atoms with E-state index in [1.54, 1.807) is 0 Å². The number of aromatic nitrogens is 1. The van der Waals surface area contributed by atoms with Gasteiger partial charge in [-0.15, -0.1) is 0 Å². The van der Waals surface area contributed by atoms with E-state index in [0.29, 0.717) is 6.04 Å². The molecule has 0 aliphatic heterocycles. The van der Waals surface area contributed by atoms with Crippen LogP contribution in [0.4, 0.5) is 4.79 Å². The summed E-state index contributed by atoms with van der Waals surface area (Å²) in [5, 5.41) is 6.68. The minimum atomic E-state index is -0.456. The van der Waals surface area contributed by atoms with Gasteiger partial charge >= 0.3 is 6.09 Å². The smallest absolute Gasteiger partial charge is 0.408 e. The van der Waals surface area contributed by atoms with Gasteiger partial charge in [0.15, 0.2) is 0 Å². The Morgan fingerprint density at radius 3 is 2.62 bits per heavy atom. The molecular weight excluding hydrogens is 302 g/mol. The number of pyridine rings is 1. The SMILES string of the molecule is Cc1cc(CNC2CCC(C)(NC(=O)OC(C)(C)C)CC2)ccn1. The van der Waals surface area contributed by atoms with Crippen LogP contribution >= 0.6 is 0 Å². The number of rotatable bonds is 4. The highest BCUT2D eigenvalue weighted by Gasteiger charge is 2.33. The number of hydrogen-bond acceptors (Lipinski definition) is 4. The standard InChI is InChI=1S/C19H31N3O2/c1-14-12-15(8-11-20-14)13-21-16-6-9-19(5,10-7-16)22-17(23)24-18(2,3)4/h8,11-12,16,21H,6-7,9-10,13H2,1-5H3,(H,22,23). The van der Waals surface area contributed by atoms with Crippen LogP contribution in [0, 0.1) is 6.92 Å². The lowest BCUT2D eigenvalue weighted by atomic mass is 9.81. The Bertz CT molecular complexity index is 558. The van der Waals surface area contributed by atoms with E-state index in [4.69, 9.17) is 4.74 Å². The Morgan fingerprint density at radius 2 is 2.04 bits per heavy atom. The highest BCUT2D eigenvalue weighted by molar-refractivity contribution is 5.68. The van der Waals surface area contributed by atoms with E-state index in [0.717, 1.165) is 37.9 Å². The molecule has 1 aliphatic rings. The largest absolute Gasteiger partial charge is 0.444 e. The molecule has 1 saturated carbocycles. The molecule has 0 saturated heterocycles. The van der Waals surface area contributed by atoms with Gasteiger partial charge in [-0.1, -0.05) is 0 Å². The number of alkyl carbamates (subject to hydrolysis) is 1. The zero-order valence-corrected chi connectivity index (χ0v) is 15.6. The van der Waals surface area contributed by atoms with Gasteiger partial charge < -0.3 is 15.4 Å². The Balaban J connectivity index is 1.77. The maximum absolute atomic E-state index is 12.0. The lowest BCUT2D eigenvalue weighted by molar-refractivity contribution is 0.0431. The van der Waals surface area contributed by atoms with Crippen molar-refractivity contribution in [3.63, 3.8) is 0 Å². The molecule has 0 unspecified atom stereocenters. The maximum atomic E-state index is 12.0. The molecule has 0 atom stereocenters. The monoisotopic (exact) mass is 333 g/mol. The first kappa shape index (κ1) is 18.7. The number of ether oxygens (including phenoxy) is 1.